The summed E-state index contributed by atoms with van der Waals surface area (Å²) < 4.78 is 5.25. The lowest BCUT2D eigenvalue weighted by Gasteiger charge is -2.08. The van der Waals surface area contributed by atoms with E-state index in [0.717, 1.165) is 31.1 Å². The Balaban J connectivity index is 1.92. The minimum absolute atomic E-state index is 0.258. The molecular weight excluding hydrogens is 230 g/mol. The Morgan fingerprint density at radius 2 is 2.06 bits per heavy atom. The van der Waals surface area contributed by atoms with E-state index in [1.807, 2.05) is 25.1 Å². The van der Waals surface area contributed by atoms with Crippen molar-refractivity contribution in [2.75, 3.05) is 29.5 Å². The van der Waals surface area contributed by atoms with Crippen LogP contribution in [0.4, 0.5) is 17.6 Å². The van der Waals surface area contributed by atoms with E-state index in [2.05, 4.69) is 20.6 Å². The van der Waals surface area contributed by atoms with Crippen molar-refractivity contribution in [2.45, 2.75) is 13.3 Å². The zero-order valence-corrected chi connectivity index (χ0v) is 10.3. The van der Waals surface area contributed by atoms with Gasteiger partial charge in [-0.2, -0.15) is 9.97 Å². The molecule has 0 spiro atoms. The van der Waals surface area contributed by atoms with E-state index in [4.69, 9.17) is 10.2 Å². The number of anilines is 3. The molecule has 0 unspecified atom stereocenters. The molecule has 0 aliphatic rings. The molecule has 4 N–H and O–H groups in total. The van der Waals surface area contributed by atoms with Crippen LogP contribution in [0.5, 0.6) is 0 Å². The second-order valence-electron chi connectivity index (χ2n) is 3.78. The topological polar surface area (TPSA) is 89.0 Å². The van der Waals surface area contributed by atoms with E-state index in [-0.39, 0.29) is 5.95 Å². The second-order valence-corrected chi connectivity index (χ2v) is 3.78. The van der Waals surface area contributed by atoms with Crippen LogP contribution < -0.4 is 16.4 Å². The first kappa shape index (κ1) is 12.2. The van der Waals surface area contributed by atoms with Gasteiger partial charge >= 0.3 is 0 Å². The van der Waals surface area contributed by atoms with Gasteiger partial charge in [-0.15, -0.1) is 0 Å². The minimum Gasteiger partial charge on any atom is -0.469 e. The standard InChI is InChI=1S/C12H17N5O/c1-2-14-10-8-11(17-12(13)16-10)15-6-5-9-4-3-7-18-9/h3-4,7-8H,2,5-6H2,1H3,(H4,13,14,15,16,17). The fraction of sp³-hybridized carbons (Fsp3) is 0.333. The number of aromatic nitrogens is 2. The number of hydrogen-bond donors (Lipinski definition) is 3. The summed E-state index contributed by atoms with van der Waals surface area (Å²) in [7, 11) is 0. The molecule has 6 heteroatoms. The van der Waals surface area contributed by atoms with Crippen LogP contribution >= 0.6 is 0 Å². The van der Waals surface area contributed by atoms with Crippen molar-refractivity contribution in [1.82, 2.24) is 9.97 Å². The van der Waals surface area contributed by atoms with Crippen molar-refractivity contribution in [3.05, 3.63) is 30.2 Å². The Morgan fingerprint density at radius 1 is 1.28 bits per heavy atom. The molecular formula is C12H17N5O. The number of nitrogens with zero attached hydrogens (tertiary/aromatic N) is 2. The van der Waals surface area contributed by atoms with Crippen LogP contribution in [-0.2, 0) is 6.42 Å². The Bertz CT molecular complexity index is 483. The third-order valence-corrected chi connectivity index (χ3v) is 2.36. The molecule has 0 aromatic carbocycles. The smallest absolute Gasteiger partial charge is 0.223 e. The maximum absolute atomic E-state index is 5.64. The quantitative estimate of drug-likeness (QED) is 0.720. The zero-order valence-electron chi connectivity index (χ0n) is 10.3. The third-order valence-electron chi connectivity index (χ3n) is 2.36. The maximum atomic E-state index is 5.64. The Hall–Kier alpha value is -2.24. The summed E-state index contributed by atoms with van der Waals surface area (Å²) in [5.74, 6) is 2.64. The highest BCUT2D eigenvalue weighted by Gasteiger charge is 2.02. The van der Waals surface area contributed by atoms with E-state index in [0.29, 0.717) is 5.82 Å². The Kier molecular flexibility index (Phi) is 4.01. The van der Waals surface area contributed by atoms with E-state index < -0.39 is 0 Å². The van der Waals surface area contributed by atoms with E-state index in [1.54, 1.807) is 6.26 Å². The second kappa shape index (κ2) is 5.90. The average molecular weight is 247 g/mol. The zero-order chi connectivity index (χ0) is 12.8. The number of furan rings is 1. The van der Waals surface area contributed by atoms with Crippen LogP contribution in [0.25, 0.3) is 0 Å². The first-order chi connectivity index (χ1) is 8.78. The molecule has 2 rings (SSSR count). The van der Waals surface area contributed by atoms with Gasteiger partial charge in [0.2, 0.25) is 5.95 Å². The molecule has 0 fully saturated rings. The van der Waals surface area contributed by atoms with Gasteiger partial charge in [0, 0.05) is 25.6 Å². The molecule has 0 atom stereocenters. The molecule has 96 valence electrons. The van der Waals surface area contributed by atoms with Crippen molar-refractivity contribution in [1.29, 1.82) is 0 Å². The molecule has 0 aliphatic carbocycles. The van der Waals surface area contributed by atoms with Crippen LogP contribution in [0.3, 0.4) is 0 Å². The molecule has 0 saturated carbocycles. The molecule has 0 radical (unpaired) electrons. The van der Waals surface area contributed by atoms with Crippen molar-refractivity contribution in [3.63, 3.8) is 0 Å². The fourth-order valence-corrected chi connectivity index (χ4v) is 1.60. The number of rotatable bonds is 6. The lowest BCUT2D eigenvalue weighted by atomic mass is 10.3. The summed E-state index contributed by atoms with van der Waals surface area (Å²) in [4.78, 5) is 8.20. The first-order valence-electron chi connectivity index (χ1n) is 5.92. The lowest BCUT2D eigenvalue weighted by Crippen LogP contribution is -2.09. The first-order valence-corrected chi connectivity index (χ1v) is 5.92. The summed E-state index contributed by atoms with van der Waals surface area (Å²) in [5.41, 5.74) is 5.64. The SMILES string of the molecule is CCNc1cc(NCCc2ccco2)nc(N)n1. The highest BCUT2D eigenvalue weighted by Crippen LogP contribution is 2.12. The van der Waals surface area contributed by atoms with Gasteiger partial charge in [0.25, 0.3) is 0 Å². The molecule has 2 aromatic rings. The number of hydrogen-bond acceptors (Lipinski definition) is 6. The fourth-order valence-electron chi connectivity index (χ4n) is 1.60. The number of nitrogens with one attached hydrogen (secondary N) is 2. The number of nitrogen functional groups attached to an aromatic ring is 1. The van der Waals surface area contributed by atoms with Crippen molar-refractivity contribution in [3.8, 4) is 0 Å². The van der Waals surface area contributed by atoms with Gasteiger partial charge < -0.3 is 20.8 Å². The van der Waals surface area contributed by atoms with Gasteiger partial charge in [0.1, 0.15) is 17.4 Å². The average Bonchev–Trinajstić information content (AvgIpc) is 2.82. The maximum Gasteiger partial charge on any atom is 0.223 e. The van der Waals surface area contributed by atoms with Crippen LogP contribution in [0.2, 0.25) is 0 Å². The van der Waals surface area contributed by atoms with Crippen molar-refractivity contribution < 1.29 is 4.42 Å². The van der Waals surface area contributed by atoms with E-state index in [9.17, 15) is 0 Å². The summed E-state index contributed by atoms with van der Waals surface area (Å²) in [6, 6.07) is 5.66. The molecule has 18 heavy (non-hydrogen) atoms. The summed E-state index contributed by atoms with van der Waals surface area (Å²) in [6.45, 7) is 3.53. The van der Waals surface area contributed by atoms with Crippen molar-refractivity contribution in [2.24, 2.45) is 0 Å². The molecule has 2 aromatic heterocycles. The van der Waals surface area contributed by atoms with Gasteiger partial charge in [-0.3, -0.25) is 0 Å². The van der Waals surface area contributed by atoms with Crippen molar-refractivity contribution >= 4 is 17.6 Å². The normalized spacial score (nSPS) is 10.3. The molecule has 6 nitrogen and oxygen atoms in total. The third kappa shape index (κ3) is 3.38. The highest BCUT2D eigenvalue weighted by atomic mass is 16.3. The van der Waals surface area contributed by atoms with Crippen LogP contribution in [0.15, 0.2) is 28.9 Å². The van der Waals surface area contributed by atoms with Crippen LogP contribution in [0, 0.1) is 0 Å². The number of nitrogens with two attached hydrogens (primary N) is 1. The van der Waals surface area contributed by atoms with Gasteiger partial charge in [0.05, 0.1) is 6.26 Å². The van der Waals surface area contributed by atoms with Gasteiger partial charge in [0.15, 0.2) is 0 Å². The predicted octanol–water partition coefficient (Wildman–Crippen LogP) is 1.74. The molecule has 0 bridgehead atoms. The summed E-state index contributed by atoms with van der Waals surface area (Å²) in [6.07, 6.45) is 2.47. The largest absolute Gasteiger partial charge is 0.469 e. The van der Waals surface area contributed by atoms with E-state index in [1.165, 1.54) is 0 Å². The Labute approximate surface area is 106 Å². The Morgan fingerprint density at radius 3 is 2.72 bits per heavy atom. The van der Waals surface area contributed by atoms with Gasteiger partial charge in [-0.05, 0) is 19.1 Å². The summed E-state index contributed by atoms with van der Waals surface area (Å²) >= 11 is 0. The van der Waals surface area contributed by atoms with Crippen LogP contribution in [-0.4, -0.2) is 23.1 Å². The monoisotopic (exact) mass is 247 g/mol. The minimum atomic E-state index is 0.258. The molecule has 0 aliphatic heterocycles. The summed E-state index contributed by atoms with van der Waals surface area (Å²) in [5, 5.41) is 6.29. The lowest BCUT2D eigenvalue weighted by molar-refractivity contribution is 0.513. The molecule has 0 saturated heterocycles. The highest BCUT2D eigenvalue weighted by molar-refractivity contribution is 5.50. The predicted molar refractivity (Wildman–Crippen MR) is 71.5 cm³/mol. The van der Waals surface area contributed by atoms with E-state index >= 15 is 0 Å². The van der Waals surface area contributed by atoms with Crippen LogP contribution in [0.1, 0.15) is 12.7 Å². The van der Waals surface area contributed by atoms with Gasteiger partial charge in [-0.25, -0.2) is 0 Å². The molecule has 0 amide bonds. The van der Waals surface area contributed by atoms with Gasteiger partial charge in [-0.1, -0.05) is 0 Å². The molecule has 2 heterocycles.